The minimum Gasteiger partial charge on any atom is -0.469 e. The van der Waals surface area contributed by atoms with Crippen molar-refractivity contribution in [3.8, 4) is 6.07 Å². The number of esters is 1. The summed E-state index contributed by atoms with van der Waals surface area (Å²) in [6.07, 6.45) is -2.85. The van der Waals surface area contributed by atoms with Gasteiger partial charge in [-0.05, 0) is 11.1 Å². The Bertz CT molecular complexity index is 496. The molecule has 0 radical (unpaired) electrons. The third kappa shape index (κ3) is 2.81. The first kappa shape index (κ1) is 14.1. The number of halogens is 2. The fourth-order valence-corrected chi connectivity index (χ4v) is 1.65. The molecule has 18 heavy (non-hydrogen) atoms. The van der Waals surface area contributed by atoms with Gasteiger partial charge in [0, 0.05) is 12.1 Å². The fraction of sp³-hybridized carbons (Fsp3) is 0.333. The van der Waals surface area contributed by atoms with Crippen molar-refractivity contribution in [2.24, 2.45) is 5.73 Å². The van der Waals surface area contributed by atoms with E-state index in [1.165, 1.54) is 19.2 Å². The smallest absolute Gasteiger partial charge is 0.310 e. The number of carbonyl (C=O) groups is 1. The van der Waals surface area contributed by atoms with Crippen LogP contribution < -0.4 is 5.73 Å². The van der Waals surface area contributed by atoms with Crippen LogP contribution in [0.2, 0.25) is 0 Å². The molecule has 0 saturated carbocycles. The van der Waals surface area contributed by atoms with Crippen molar-refractivity contribution in [1.82, 2.24) is 0 Å². The Labute approximate surface area is 103 Å². The van der Waals surface area contributed by atoms with Gasteiger partial charge in [0.25, 0.3) is 6.43 Å². The van der Waals surface area contributed by atoms with Crippen molar-refractivity contribution in [3.63, 3.8) is 0 Å². The highest BCUT2D eigenvalue weighted by molar-refractivity contribution is 5.74. The van der Waals surface area contributed by atoms with Crippen molar-refractivity contribution in [1.29, 1.82) is 5.26 Å². The van der Waals surface area contributed by atoms with E-state index >= 15 is 0 Å². The zero-order valence-electron chi connectivity index (χ0n) is 9.74. The summed E-state index contributed by atoms with van der Waals surface area (Å²) in [5, 5.41) is 9.02. The van der Waals surface area contributed by atoms with Gasteiger partial charge in [0.15, 0.2) is 0 Å². The molecule has 0 spiro atoms. The first-order valence-corrected chi connectivity index (χ1v) is 5.14. The van der Waals surface area contributed by atoms with Crippen LogP contribution in [-0.2, 0) is 22.5 Å². The lowest BCUT2D eigenvalue weighted by Gasteiger charge is -2.12. The SMILES string of the molecule is COC(=O)Cc1ccc(C(F)F)c(CN)c1C#N. The minimum absolute atomic E-state index is 0.0284. The van der Waals surface area contributed by atoms with E-state index in [4.69, 9.17) is 11.0 Å². The van der Waals surface area contributed by atoms with Gasteiger partial charge in [0.1, 0.15) is 0 Å². The molecule has 0 aliphatic rings. The summed E-state index contributed by atoms with van der Waals surface area (Å²) >= 11 is 0. The Morgan fingerprint density at radius 1 is 1.56 bits per heavy atom. The molecule has 96 valence electrons. The predicted octanol–water partition coefficient (Wildman–Crippen LogP) is 1.67. The molecule has 0 aliphatic heterocycles. The highest BCUT2D eigenvalue weighted by Gasteiger charge is 2.19. The van der Waals surface area contributed by atoms with E-state index in [0.29, 0.717) is 5.56 Å². The molecule has 1 aromatic carbocycles. The topological polar surface area (TPSA) is 76.1 Å². The van der Waals surface area contributed by atoms with Crippen LogP contribution in [0.4, 0.5) is 8.78 Å². The van der Waals surface area contributed by atoms with Gasteiger partial charge < -0.3 is 10.5 Å². The molecular weight excluding hydrogens is 242 g/mol. The number of nitriles is 1. The zero-order chi connectivity index (χ0) is 13.7. The largest absolute Gasteiger partial charge is 0.469 e. The third-order valence-electron chi connectivity index (χ3n) is 2.55. The maximum Gasteiger partial charge on any atom is 0.310 e. The molecule has 0 aliphatic carbocycles. The van der Waals surface area contributed by atoms with Crippen LogP contribution in [0, 0.1) is 11.3 Å². The number of carbonyl (C=O) groups excluding carboxylic acids is 1. The van der Waals surface area contributed by atoms with Gasteiger partial charge in [-0.15, -0.1) is 0 Å². The molecule has 0 aromatic heterocycles. The van der Waals surface area contributed by atoms with E-state index in [2.05, 4.69) is 4.74 Å². The van der Waals surface area contributed by atoms with Crippen molar-refractivity contribution < 1.29 is 18.3 Å². The first-order valence-electron chi connectivity index (χ1n) is 5.14. The monoisotopic (exact) mass is 254 g/mol. The molecule has 6 heteroatoms. The van der Waals surface area contributed by atoms with Crippen LogP contribution in [0.15, 0.2) is 12.1 Å². The van der Waals surface area contributed by atoms with Crippen molar-refractivity contribution in [2.75, 3.05) is 7.11 Å². The number of ether oxygens (including phenoxy) is 1. The number of nitrogens with zero attached hydrogens (tertiary/aromatic N) is 1. The molecule has 4 nitrogen and oxygen atoms in total. The number of hydrogen-bond donors (Lipinski definition) is 1. The molecule has 0 bridgehead atoms. The van der Waals surface area contributed by atoms with Crippen LogP contribution >= 0.6 is 0 Å². The van der Waals surface area contributed by atoms with Gasteiger partial charge in [-0.3, -0.25) is 4.79 Å². The van der Waals surface area contributed by atoms with E-state index in [1.807, 2.05) is 6.07 Å². The second-order valence-electron chi connectivity index (χ2n) is 3.54. The number of nitrogens with two attached hydrogens (primary N) is 1. The summed E-state index contributed by atoms with van der Waals surface area (Å²) in [6, 6.07) is 4.33. The number of hydrogen-bond acceptors (Lipinski definition) is 4. The minimum atomic E-state index is -2.71. The second kappa shape index (κ2) is 6.07. The van der Waals surface area contributed by atoms with E-state index in [1.54, 1.807) is 0 Å². The number of methoxy groups -OCH3 is 1. The van der Waals surface area contributed by atoms with Gasteiger partial charge in [0.2, 0.25) is 0 Å². The van der Waals surface area contributed by atoms with Gasteiger partial charge in [0.05, 0.1) is 25.2 Å². The first-order chi connectivity index (χ1) is 8.54. The molecule has 0 atom stereocenters. The predicted molar refractivity (Wildman–Crippen MR) is 59.7 cm³/mol. The lowest BCUT2D eigenvalue weighted by atomic mass is 9.95. The Morgan fingerprint density at radius 2 is 2.22 bits per heavy atom. The summed E-state index contributed by atoms with van der Waals surface area (Å²) < 4.78 is 29.9. The molecular formula is C12H12F2N2O2. The quantitative estimate of drug-likeness (QED) is 0.829. The van der Waals surface area contributed by atoms with Crippen molar-refractivity contribution in [3.05, 3.63) is 34.4 Å². The summed E-state index contributed by atoms with van der Waals surface area (Å²) in [7, 11) is 1.21. The normalized spacial score (nSPS) is 10.2. The summed E-state index contributed by atoms with van der Waals surface area (Å²) in [4.78, 5) is 11.2. The molecule has 0 heterocycles. The van der Waals surface area contributed by atoms with Crippen molar-refractivity contribution in [2.45, 2.75) is 19.4 Å². The van der Waals surface area contributed by atoms with Crippen LogP contribution in [-0.4, -0.2) is 13.1 Å². The average molecular weight is 254 g/mol. The Morgan fingerprint density at radius 3 is 2.67 bits per heavy atom. The van der Waals surface area contributed by atoms with Crippen molar-refractivity contribution >= 4 is 5.97 Å². The Hall–Kier alpha value is -2.00. The molecule has 2 N–H and O–H groups in total. The summed E-state index contributed by atoms with van der Waals surface area (Å²) in [6.45, 7) is -0.183. The molecule has 0 unspecified atom stereocenters. The molecule has 1 aromatic rings. The Kier molecular flexibility index (Phi) is 4.75. The lowest BCUT2D eigenvalue weighted by Crippen LogP contribution is -2.11. The Balaban J connectivity index is 3.31. The average Bonchev–Trinajstić information content (AvgIpc) is 2.37. The third-order valence-corrected chi connectivity index (χ3v) is 2.55. The maximum absolute atomic E-state index is 12.7. The number of benzene rings is 1. The fourth-order valence-electron chi connectivity index (χ4n) is 1.65. The van der Waals surface area contributed by atoms with Crippen LogP contribution in [0.1, 0.15) is 28.7 Å². The van der Waals surface area contributed by atoms with E-state index in [9.17, 15) is 13.6 Å². The van der Waals surface area contributed by atoms with E-state index < -0.39 is 12.4 Å². The second-order valence-corrected chi connectivity index (χ2v) is 3.54. The molecule has 1 rings (SSSR count). The van der Waals surface area contributed by atoms with Crippen LogP contribution in [0.5, 0.6) is 0 Å². The van der Waals surface area contributed by atoms with Gasteiger partial charge in [-0.2, -0.15) is 5.26 Å². The standard InChI is InChI=1S/C12H12F2N2O2/c1-18-11(17)4-7-2-3-8(12(13)14)10(6-16)9(7)5-15/h2-3,12H,4,6,16H2,1H3. The number of rotatable bonds is 4. The van der Waals surface area contributed by atoms with Crippen LogP contribution in [0.3, 0.4) is 0 Å². The van der Waals surface area contributed by atoms with Gasteiger partial charge in [-0.1, -0.05) is 12.1 Å². The van der Waals surface area contributed by atoms with Crippen LogP contribution in [0.25, 0.3) is 0 Å². The molecule has 0 amide bonds. The highest BCUT2D eigenvalue weighted by Crippen LogP contribution is 2.27. The van der Waals surface area contributed by atoms with Gasteiger partial charge in [-0.25, -0.2) is 8.78 Å². The lowest BCUT2D eigenvalue weighted by molar-refractivity contribution is -0.139. The summed E-state index contributed by atoms with van der Waals surface area (Å²) in [5.74, 6) is -0.542. The molecule has 0 fully saturated rings. The zero-order valence-corrected chi connectivity index (χ0v) is 9.74. The highest BCUT2D eigenvalue weighted by atomic mass is 19.3. The van der Waals surface area contributed by atoms with E-state index in [-0.39, 0.29) is 29.7 Å². The molecule has 0 saturated heterocycles. The van der Waals surface area contributed by atoms with Gasteiger partial charge >= 0.3 is 5.97 Å². The maximum atomic E-state index is 12.7. The van der Waals surface area contributed by atoms with E-state index in [0.717, 1.165) is 0 Å². The number of alkyl halides is 2. The summed E-state index contributed by atoms with van der Waals surface area (Å²) in [5.41, 5.74) is 5.57.